The first-order valence-corrected chi connectivity index (χ1v) is 4.42. The van der Waals surface area contributed by atoms with E-state index in [9.17, 15) is 9.59 Å². The summed E-state index contributed by atoms with van der Waals surface area (Å²) in [5.74, 6) is -2.76. The van der Waals surface area contributed by atoms with Crippen LogP contribution in [0.2, 0.25) is 0 Å². The molecule has 88 valence electrons. The van der Waals surface area contributed by atoms with E-state index in [1.165, 1.54) is 35.0 Å². The third-order valence-corrected chi connectivity index (χ3v) is 2.00. The Hall–Kier alpha value is -0.980. The lowest BCUT2D eigenvalue weighted by Crippen LogP contribution is -2.56. The highest BCUT2D eigenvalue weighted by Crippen LogP contribution is 2.10. The third-order valence-electron chi connectivity index (χ3n) is 2.00. The second-order valence-electron chi connectivity index (χ2n) is 3.86. The Morgan fingerprint density at radius 3 is 1.73 bits per heavy atom. The van der Waals surface area contributed by atoms with Crippen molar-refractivity contribution in [2.75, 3.05) is 14.2 Å². The van der Waals surface area contributed by atoms with Crippen LogP contribution in [0.4, 0.5) is 0 Å². The van der Waals surface area contributed by atoms with Gasteiger partial charge in [0.05, 0.1) is 5.54 Å². The molecule has 15 heavy (non-hydrogen) atoms. The maximum atomic E-state index is 11.5. The fourth-order valence-electron chi connectivity index (χ4n) is 0.646. The minimum atomic E-state index is -1.49. The molecule has 0 spiro atoms. The molecule has 6 heteroatoms. The maximum Gasteiger partial charge on any atom is 0.286 e. The molecule has 0 aromatic heterocycles. The monoisotopic (exact) mass is 218 g/mol. The van der Waals surface area contributed by atoms with E-state index in [2.05, 4.69) is 5.32 Å². The molecule has 0 aliphatic carbocycles. The van der Waals surface area contributed by atoms with Crippen LogP contribution in [0.3, 0.4) is 0 Å². The van der Waals surface area contributed by atoms with Crippen LogP contribution < -0.4 is 11.1 Å². The number of carbonyl (C=O) groups is 2. The van der Waals surface area contributed by atoms with E-state index in [0.717, 1.165) is 0 Å². The lowest BCUT2D eigenvalue weighted by atomic mass is 10.1. The zero-order valence-electron chi connectivity index (χ0n) is 9.71. The van der Waals surface area contributed by atoms with Gasteiger partial charge >= 0.3 is 0 Å². The summed E-state index contributed by atoms with van der Waals surface area (Å²) in [7, 11) is 2.61. The van der Waals surface area contributed by atoms with Gasteiger partial charge in [-0.15, -0.1) is 0 Å². The Kier molecular flexibility index (Phi) is 4.39. The lowest BCUT2D eigenvalue weighted by Gasteiger charge is -2.26. The Morgan fingerprint density at radius 2 is 1.47 bits per heavy atom. The number of carbonyl (C=O) groups excluding carboxylic acids is 2. The van der Waals surface area contributed by atoms with Crippen LogP contribution >= 0.6 is 0 Å². The van der Waals surface area contributed by atoms with Crippen molar-refractivity contribution in [2.24, 2.45) is 5.73 Å². The second kappa shape index (κ2) is 4.69. The summed E-state index contributed by atoms with van der Waals surface area (Å²) in [6.45, 7) is 4.39. The fraction of sp³-hybridized carbons (Fsp3) is 0.778. The Labute approximate surface area is 89.1 Å². The summed E-state index contributed by atoms with van der Waals surface area (Å²) in [6.07, 6.45) is 0. The van der Waals surface area contributed by atoms with Crippen molar-refractivity contribution in [3.8, 4) is 0 Å². The SMILES string of the molecule is COC(C)(OC)C(=O)NC(=O)C(C)(C)N. The Bertz CT molecular complexity index is 253. The van der Waals surface area contributed by atoms with Gasteiger partial charge in [0.25, 0.3) is 5.91 Å². The largest absolute Gasteiger partial charge is 0.346 e. The van der Waals surface area contributed by atoms with E-state index in [0.29, 0.717) is 0 Å². The molecule has 0 saturated carbocycles. The molecule has 0 unspecified atom stereocenters. The zero-order chi connectivity index (χ0) is 12.3. The minimum Gasteiger partial charge on any atom is -0.346 e. The molecule has 0 radical (unpaired) electrons. The fourth-order valence-corrected chi connectivity index (χ4v) is 0.646. The summed E-state index contributed by atoms with van der Waals surface area (Å²) in [5.41, 5.74) is 4.38. The van der Waals surface area contributed by atoms with Crippen molar-refractivity contribution in [3.63, 3.8) is 0 Å². The van der Waals surface area contributed by atoms with Gasteiger partial charge in [-0.2, -0.15) is 0 Å². The van der Waals surface area contributed by atoms with Gasteiger partial charge < -0.3 is 15.2 Å². The van der Waals surface area contributed by atoms with Crippen LogP contribution in [0.15, 0.2) is 0 Å². The van der Waals surface area contributed by atoms with E-state index in [4.69, 9.17) is 15.2 Å². The molecular weight excluding hydrogens is 200 g/mol. The van der Waals surface area contributed by atoms with Gasteiger partial charge in [0.2, 0.25) is 11.7 Å². The predicted molar refractivity (Wildman–Crippen MR) is 53.8 cm³/mol. The van der Waals surface area contributed by atoms with E-state index < -0.39 is 23.1 Å². The third kappa shape index (κ3) is 3.58. The molecule has 0 aliphatic heterocycles. The smallest absolute Gasteiger partial charge is 0.286 e. The topological polar surface area (TPSA) is 90.6 Å². The first kappa shape index (κ1) is 14.0. The van der Waals surface area contributed by atoms with Gasteiger partial charge in [0.15, 0.2) is 0 Å². The van der Waals surface area contributed by atoms with Crippen LogP contribution in [0, 0.1) is 0 Å². The summed E-state index contributed by atoms with van der Waals surface area (Å²) >= 11 is 0. The maximum absolute atomic E-state index is 11.5. The minimum absolute atomic E-state index is 0.590. The molecule has 6 nitrogen and oxygen atoms in total. The molecule has 0 aromatic rings. The second-order valence-corrected chi connectivity index (χ2v) is 3.86. The number of hydrogen-bond acceptors (Lipinski definition) is 5. The molecule has 0 saturated heterocycles. The van der Waals surface area contributed by atoms with Crippen molar-refractivity contribution < 1.29 is 19.1 Å². The highest BCUT2D eigenvalue weighted by atomic mass is 16.7. The van der Waals surface area contributed by atoms with E-state index in [1.54, 1.807) is 0 Å². The summed E-state index contributed by atoms with van der Waals surface area (Å²) in [6, 6.07) is 0. The van der Waals surface area contributed by atoms with Gasteiger partial charge in [-0.3, -0.25) is 14.9 Å². The first-order valence-electron chi connectivity index (χ1n) is 4.42. The average molecular weight is 218 g/mol. The molecule has 2 amide bonds. The number of imide groups is 1. The molecule has 3 N–H and O–H groups in total. The van der Waals surface area contributed by atoms with Crippen molar-refractivity contribution in [1.82, 2.24) is 5.32 Å². The lowest BCUT2D eigenvalue weighted by molar-refractivity contribution is -0.201. The zero-order valence-corrected chi connectivity index (χ0v) is 9.71. The number of hydrogen-bond donors (Lipinski definition) is 2. The summed E-state index contributed by atoms with van der Waals surface area (Å²) in [4.78, 5) is 22.9. The van der Waals surface area contributed by atoms with Crippen LogP contribution in [-0.2, 0) is 19.1 Å². The average Bonchev–Trinajstić information content (AvgIpc) is 2.14. The number of nitrogens with two attached hydrogens (primary N) is 1. The summed E-state index contributed by atoms with van der Waals surface area (Å²) < 4.78 is 9.67. The number of ether oxygens (including phenoxy) is 2. The highest BCUT2D eigenvalue weighted by Gasteiger charge is 2.36. The number of rotatable bonds is 4. The molecule has 0 fully saturated rings. The van der Waals surface area contributed by atoms with Crippen LogP contribution in [0.5, 0.6) is 0 Å². The molecular formula is C9H18N2O4. The van der Waals surface area contributed by atoms with Gasteiger partial charge in [-0.25, -0.2) is 0 Å². The van der Waals surface area contributed by atoms with Gasteiger partial charge in [-0.1, -0.05) is 0 Å². The first-order chi connectivity index (χ1) is 6.67. The molecule has 0 atom stereocenters. The van der Waals surface area contributed by atoms with E-state index in [1.807, 2.05) is 0 Å². The van der Waals surface area contributed by atoms with Gasteiger partial charge in [0, 0.05) is 14.2 Å². The van der Waals surface area contributed by atoms with Gasteiger partial charge in [0.1, 0.15) is 0 Å². The van der Waals surface area contributed by atoms with Crippen LogP contribution in [0.1, 0.15) is 20.8 Å². The van der Waals surface area contributed by atoms with Crippen molar-refractivity contribution in [2.45, 2.75) is 32.1 Å². The van der Waals surface area contributed by atoms with E-state index >= 15 is 0 Å². The predicted octanol–water partition coefficient (Wildman–Crippen LogP) is -0.624. The standard InChI is InChI=1S/C9H18N2O4/c1-8(2,10)6(12)11-7(13)9(3,14-4)15-5/h10H2,1-5H3,(H,11,12,13). The molecule has 0 rings (SSSR count). The molecule has 0 heterocycles. The number of amides is 2. The van der Waals surface area contributed by atoms with Crippen LogP contribution in [-0.4, -0.2) is 37.4 Å². The number of nitrogens with one attached hydrogen (secondary N) is 1. The quantitative estimate of drug-likeness (QED) is 0.613. The van der Waals surface area contributed by atoms with E-state index in [-0.39, 0.29) is 0 Å². The normalized spacial score (nSPS) is 12.4. The van der Waals surface area contributed by atoms with Crippen molar-refractivity contribution in [3.05, 3.63) is 0 Å². The van der Waals surface area contributed by atoms with Gasteiger partial charge in [-0.05, 0) is 20.8 Å². The molecule has 0 aliphatic rings. The van der Waals surface area contributed by atoms with Crippen molar-refractivity contribution >= 4 is 11.8 Å². The van der Waals surface area contributed by atoms with Crippen molar-refractivity contribution in [1.29, 1.82) is 0 Å². The molecule has 0 bridgehead atoms. The Balaban J connectivity index is 4.57. The summed E-state index contributed by atoms with van der Waals surface area (Å²) in [5, 5.41) is 2.11. The van der Waals surface area contributed by atoms with Crippen LogP contribution in [0.25, 0.3) is 0 Å². The Morgan fingerprint density at radius 1 is 1.07 bits per heavy atom. The highest BCUT2D eigenvalue weighted by molar-refractivity contribution is 6.02. The molecule has 0 aromatic carbocycles. The number of methoxy groups -OCH3 is 2.